The van der Waals surface area contributed by atoms with Gasteiger partial charge in [-0.25, -0.2) is 4.52 Å². The Kier molecular flexibility index (Phi) is 6.89. The molecule has 0 bridgehead atoms. The first-order chi connectivity index (χ1) is 17.0. The van der Waals surface area contributed by atoms with Gasteiger partial charge in [0.2, 0.25) is 5.91 Å². The zero-order valence-electron chi connectivity index (χ0n) is 20.9. The third kappa shape index (κ3) is 4.84. The van der Waals surface area contributed by atoms with Crippen molar-refractivity contribution >= 4 is 17.3 Å². The third-order valence-electron chi connectivity index (χ3n) is 8.03. The van der Waals surface area contributed by atoms with E-state index >= 15 is 0 Å². The summed E-state index contributed by atoms with van der Waals surface area (Å²) in [6, 6.07) is 14.4. The minimum atomic E-state index is -0.0674. The molecule has 0 unspecified atom stereocenters. The number of pyridine rings is 1. The summed E-state index contributed by atoms with van der Waals surface area (Å²) in [7, 11) is 0. The molecule has 2 aromatic heterocycles. The molecule has 184 valence electrons. The fourth-order valence-corrected chi connectivity index (χ4v) is 5.69. The highest BCUT2D eigenvalue weighted by atomic mass is 16.2. The Morgan fingerprint density at radius 2 is 1.66 bits per heavy atom. The molecule has 5 rings (SSSR count). The van der Waals surface area contributed by atoms with Crippen molar-refractivity contribution in [2.24, 2.45) is 5.92 Å². The number of benzene rings is 1. The zero-order valence-corrected chi connectivity index (χ0v) is 20.9. The third-order valence-corrected chi connectivity index (χ3v) is 8.03. The first-order valence-electron chi connectivity index (χ1n) is 13.2. The molecule has 0 radical (unpaired) electrons. The van der Waals surface area contributed by atoms with Gasteiger partial charge in [-0.05, 0) is 67.2 Å². The lowest BCUT2D eigenvalue weighted by Crippen LogP contribution is -2.40. The summed E-state index contributed by atoms with van der Waals surface area (Å²) in [5.41, 5.74) is 3.93. The average Bonchev–Trinajstić information content (AvgIpc) is 3.33. The van der Waals surface area contributed by atoms with Crippen LogP contribution in [0.2, 0.25) is 0 Å². The number of amides is 2. The standard InChI is InChI=1S/C29H36N4O2/c1-3-25(23-7-5-4-6-8-23)28(34)32-16-11-22(12-17-32)24-13-18-33-27(19-24)26(20-30-33)29(35)31-14-9-21(2)10-15-31/h4-8,13,18-22,25H,3,9-12,14-17H2,1-2H3/t25-/m1/s1. The van der Waals surface area contributed by atoms with Crippen molar-refractivity contribution < 1.29 is 9.59 Å². The topological polar surface area (TPSA) is 57.9 Å². The number of likely N-dealkylation sites (tertiary alicyclic amines) is 2. The predicted octanol–water partition coefficient (Wildman–Crippen LogP) is 5.11. The number of hydrogen-bond donors (Lipinski definition) is 0. The van der Waals surface area contributed by atoms with E-state index < -0.39 is 0 Å². The number of nitrogens with zero attached hydrogens (tertiary/aromatic N) is 4. The quantitative estimate of drug-likeness (QED) is 0.519. The molecule has 35 heavy (non-hydrogen) atoms. The fourth-order valence-electron chi connectivity index (χ4n) is 5.69. The molecule has 2 aliphatic rings. The summed E-state index contributed by atoms with van der Waals surface area (Å²) >= 11 is 0. The van der Waals surface area contributed by atoms with E-state index in [-0.39, 0.29) is 17.7 Å². The van der Waals surface area contributed by atoms with Crippen molar-refractivity contribution in [2.75, 3.05) is 26.2 Å². The van der Waals surface area contributed by atoms with Gasteiger partial charge in [-0.1, -0.05) is 44.2 Å². The number of piperidine rings is 2. The van der Waals surface area contributed by atoms with Crippen LogP contribution in [0.4, 0.5) is 0 Å². The van der Waals surface area contributed by atoms with Gasteiger partial charge in [0.1, 0.15) is 0 Å². The van der Waals surface area contributed by atoms with E-state index in [1.54, 1.807) is 6.20 Å². The van der Waals surface area contributed by atoms with Gasteiger partial charge in [-0.2, -0.15) is 5.10 Å². The van der Waals surface area contributed by atoms with E-state index in [0.29, 0.717) is 17.4 Å². The summed E-state index contributed by atoms with van der Waals surface area (Å²) < 4.78 is 1.81. The minimum absolute atomic E-state index is 0.0674. The lowest BCUT2D eigenvalue weighted by molar-refractivity contribution is -0.134. The van der Waals surface area contributed by atoms with E-state index in [2.05, 4.69) is 43.2 Å². The highest BCUT2D eigenvalue weighted by Gasteiger charge is 2.29. The molecule has 2 aliphatic heterocycles. The zero-order chi connectivity index (χ0) is 24.4. The lowest BCUT2D eigenvalue weighted by atomic mass is 9.88. The Morgan fingerprint density at radius 3 is 2.34 bits per heavy atom. The first kappa shape index (κ1) is 23.6. The second-order valence-corrected chi connectivity index (χ2v) is 10.3. The monoisotopic (exact) mass is 472 g/mol. The summed E-state index contributed by atoms with van der Waals surface area (Å²) in [6.45, 7) is 7.54. The van der Waals surface area contributed by atoms with E-state index in [9.17, 15) is 9.59 Å². The van der Waals surface area contributed by atoms with Crippen LogP contribution in [-0.4, -0.2) is 57.4 Å². The molecule has 1 aromatic carbocycles. The first-order valence-corrected chi connectivity index (χ1v) is 13.2. The van der Waals surface area contributed by atoms with Gasteiger partial charge in [-0.3, -0.25) is 9.59 Å². The van der Waals surface area contributed by atoms with Crippen molar-refractivity contribution in [1.82, 2.24) is 19.4 Å². The predicted molar refractivity (Wildman–Crippen MR) is 138 cm³/mol. The van der Waals surface area contributed by atoms with Crippen molar-refractivity contribution in [1.29, 1.82) is 0 Å². The van der Waals surface area contributed by atoms with Gasteiger partial charge in [0, 0.05) is 32.4 Å². The number of hydrogen-bond acceptors (Lipinski definition) is 3. The number of carbonyl (C=O) groups is 2. The van der Waals surface area contributed by atoms with Crippen LogP contribution in [0, 0.1) is 5.92 Å². The Bertz CT molecular complexity index is 1170. The molecule has 2 fully saturated rings. The molecule has 0 spiro atoms. The van der Waals surface area contributed by atoms with E-state index in [1.165, 1.54) is 5.56 Å². The molecule has 4 heterocycles. The van der Waals surface area contributed by atoms with Crippen molar-refractivity contribution in [3.05, 3.63) is 71.5 Å². The van der Waals surface area contributed by atoms with Crippen LogP contribution in [0.3, 0.4) is 0 Å². The van der Waals surface area contributed by atoms with E-state index in [4.69, 9.17) is 0 Å². The number of aromatic nitrogens is 2. The maximum Gasteiger partial charge on any atom is 0.257 e. The van der Waals surface area contributed by atoms with Gasteiger partial charge >= 0.3 is 0 Å². The maximum absolute atomic E-state index is 13.3. The van der Waals surface area contributed by atoms with Crippen LogP contribution in [0.5, 0.6) is 0 Å². The van der Waals surface area contributed by atoms with E-state index in [1.807, 2.05) is 38.7 Å². The van der Waals surface area contributed by atoms with Crippen LogP contribution < -0.4 is 0 Å². The average molecular weight is 473 g/mol. The second-order valence-electron chi connectivity index (χ2n) is 10.3. The summed E-state index contributed by atoms with van der Waals surface area (Å²) in [4.78, 5) is 30.5. The van der Waals surface area contributed by atoms with Crippen molar-refractivity contribution in [2.45, 2.75) is 57.8 Å². The van der Waals surface area contributed by atoms with Gasteiger partial charge in [-0.15, -0.1) is 0 Å². The largest absolute Gasteiger partial charge is 0.342 e. The maximum atomic E-state index is 13.3. The number of fused-ring (bicyclic) bond motifs is 1. The number of carbonyl (C=O) groups excluding carboxylic acids is 2. The SMILES string of the molecule is CC[C@@H](C(=O)N1CCC(c2ccn3ncc(C(=O)N4CCC(C)CC4)c3c2)CC1)c1ccccc1. The molecule has 6 heteroatoms. The molecule has 0 saturated carbocycles. The van der Waals surface area contributed by atoms with Gasteiger partial charge in [0.05, 0.1) is 23.2 Å². The second kappa shape index (κ2) is 10.2. The molecule has 1 atom stereocenters. The van der Waals surface area contributed by atoms with Crippen LogP contribution in [0.15, 0.2) is 54.9 Å². The highest BCUT2D eigenvalue weighted by Crippen LogP contribution is 2.32. The Morgan fingerprint density at radius 1 is 0.971 bits per heavy atom. The Balaban J connectivity index is 1.27. The highest BCUT2D eigenvalue weighted by molar-refractivity contribution is 6.00. The lowest BCUT2D eigenvalue weighted by Gasteiger charge is -2.34. The minimum Gasteiger partial charge on any atom is -0.342 e. The smallest absolute Gasteiger partial charge is 0.257 e. The summed E-state index contributed by atoms with van der Waals surface area (Å²) in [6.07, 6.45) is 8.51. The number of rotatable bonds is 5. The fraction of sp³-hybridized carbons (Fsp3) is 0.483. The summed E-state index contributed by atoms with van der Waals surface area (Å²) in [5, 5.41) is 4.44. The van der Waals surface area contributed by atoms with Crippen molar-refractivity contribution in [3.8, 4) is 0 Å². The van der Waals surface area contributed by atoms with Crippen LogP contribution in [0.1, 0.15) is 79.3 Å². The van der Waals surface area contributed by atoms with Crippen LogP contribution in [-0.2, 0) is 4.79 Å². The molecule has 6 nitrogen and oxygen atoms in total. The molecular formula is C29H36N4O2. The molecule has 2 amide bonds. The van der Waals surface area contributed by atoms with Crippen molar-refractivity contribution in [3.63, 3.8) is 0 Å². The Hall–Kier alpha value is -3.15. The normalized spacial score (nSPS) is 18.7. The molecule has 0 N–H and O–H groups in total. The molecule has 2 saturated heterocycles. The molecule has 3 aromatic rings. The van der Waals surface area contributed by atoms with Gasteiger partial charge in [0.25, 0.3) is 5.91 Å². The van der Waals surface area contributed by atoms with Crippen LogP contribution in [0.25, 0.3) is 5.52 Å². The van der Waals surface area contributed by atoms with Gasteiger partial charge < -0.3 is 9.80 Å². The Labute approximate surface area is 207 Å². The molecule has 0 aliphatic carbocycles. The van der Waals surface area contributed by atoms with E-state index in [0.717, 1.165) is 69.4 Å². The van der Waals surface area contributed by atoms with Gasteiger partial charge in [0.15, 0.2) is 0 Å². The summed E-state index contributed by atoms with van der Waals surface area (Å²) in [5.74, 6) is 1.34. The van der Waals surface area contributed by atoms with Crippen LogP contribution >= 0.6 is 0 Å². The molecular weight excluding hydrogens is 436 g/mol.